The van der Waals surface area contributed by atoms with E-state index in [1.54, 1.807) is 15.5 Å². The second-order valence-corrected chi connectivity index (χ2v) is 13.1. The summed E-state index contributed by atoms with van der Waals surface area (Å²) in [6.45, 7) is -0.885. The van der Waals surface area contributed by atoms with Crippen LogP contribution >= 0.6 is 15.6 Å². The van der Waals surface area contributed by atoms with Gasteiger partial charge in [0.05, 0.1) is 32.5 Å². The molecule has 1 aliphatic carbocycles. The molecule has 4 aromatic heterocycles. The average Bonchev–Trinajstić information content (AvgIpc) is 3.64. The number of ether oxygens (including phenoxy) is 1. The highest BCUT2D eigenvalue weighted by Crippen LogP contribution is 2.55. The zero-order valence-corrected chi connectivity index (χ0v) is 23.5. The summed E-state index contributed by atoms with van der Waals surface area (Å²) < 4.78 is 56.9. The van der Waals surface area contributed by atoms with Gasteiger partial charge in [0, 0.05) is 18.4 Å². The van der Waals surface area contributed by atoms with Crippen LogP contribution in [0.15, 0.2) is 25.3 Å². The number of anilines is 2. The molecule has 7 rings (SSSR count). The minimum atomic E-state index is -4.60. The standard InChI is InChI=1S/C21H26N10O9P2/c22-18-16-20(26-6-24-18)30(8-28-16)12-1-10-3-36-42(34,35)40-13-2-15(31-9-29-17-19(23)25-7-27-21(17)31)39-14(13)5-38-41(32,33)37-4-11(10)12/h6-15H,1-5H2,(H,32,33)(H,34,35)(H2,22,24,26)(H2,23,25,27)/t10-,11-,12-,13+,14-,15-/m1/s1. The van der Waals surface area contributed by atoms with Crippen LogP contribution in [-0.2, 0) is 32.0 Å². The van der Waals surface area contributed by atoms with E-state index >= 15 is 0 Å². The van der Waals surface area contributed by atoms with Crippen LogP contribution in [0.25, 0.3) is 22.3 Å². The molecule has 2 aliphatic heterocycles. The van der Waals surface area contributed by atoms with Crippen molar-refractivity contribution in [3.8, 4) is 0 Å². The lowest BCUT2D eigenvalue weighted by molar-refractivity contribution is -0.0439. The maximum Gasteiger partial charge on any atom is 0.472 e. The van der Waals surface area contributed by atoms with Crippen molar-refractivity contribution in [2.75, 3.05) is 31.3 Å². The lowest BCUT2D eigenvalue weighted by Gasteiger charge is -2.45. The third kappa shape index (κ3) is 4.96. The molecular weight excluding hydrogens is 598 g/mol. The van der Waals surface area contributed by atoms with Gasteiger partial charge in [0.25, 0.3) is 0 Å². The molecule has 0 aromatic carbocycles. The molecule has 6 heterocycles. The van der Waals surface area contributed by atoms with Crippen LogP contribution in [0.2, 0.25) is 0 Å². The Balaban J connectivity index is 1.12. The Morgan fingerprint density at radius 3 is 2.10 bits per heavy atom. The largest absolute Gasteiger partial charge is 0.472 e. The number of hydrogen-bond donors (Lipinski definition) is 4. The SMILES string of the molecule is Nc1ncnc2c1ncn2[C@@H]1C[C@@H]2COP(=O)(O)O[C@H]3C[C@H](n4cnc5c(N)ncnc54)O[C@@H]3COP(=O)(O)OC[C@H]21. The molecule has 0 spiro atoms. The lowest BCUT2D eigenvalue weighted by Crippen LogP contribution is -2.43. The molecule has 4 aromatic rings. The summed E-state index contributed by atoms with van der Waals surface area (Å²) in [5.41, 5.74) is 13.4. The van der Waals surface area contributed by atoms with Gasteiger partial charge in [-0.3, -0.25) is 22.7 Å². The molecule has 8 atom stereocenters. The van der Waals surface area contributed by atoms with Gasteiger partial charge >= 0.3 is 15.6 Å². The lowest BCUT2D eigenvalue weighted by atomic mass is 9.70. The van der Waals surface area contributed by atoms with Crippen molar-refractivity contribution in [1.82, 2.24) is 39.0 Å². The number of fused-ring (bicyclic) bond motifs is 4. The molecule has 224 valence electrons. The molecule has 6 N–H and O–H groups in total. The van der Waals surface area contributed by atoms with Crippen molar-refractivity contribution in [3.05, 3.63) is 25.3 Å². The second-order valence-electron chi connectivity index (χ2n) is 10.2. The van der Waals surface area contributed by atoms with Gasteiger partial charge in [-0.05, 0) is 12.3 Å². The van der Waals surface area contributed by atoms with Crippen LogP contribution in [0.3, 0.4) is 0 Å². The van der Waals surface area contributed by atoms with E-state index in [0.29, 0.717) is 28.7 Å². The number of nitrogens with two attached hydrogens (primary N) is 2. The quantitative estimate of drug-likeness (QED) is 0.226. The maximum absolute atomic E-state index is 13.1. The fourth-order valence-corrected chi connectivity index (χ4v) is 7.41. The summed E-state index contributed by atoms with van der Waals surface area (Å²) in [7, 11) is -9.19. The Kier molecular flexibility index (Phi) is 6.76. The van der Waals surface area contributed by atoms with Crippen LogP contribution in [-0.4, -0.2) is 80.9 Å². The molecule has 21 heteroatoms. The molecule has 2 saturated heterocycles. The van der Waals surface area contributed by atoms with Gasteiger partial charge in [0.2, 0.25) is 0 Å². The maximum atomic E-state index is 13.1. The second kappa shape index (κ2) is 10.3. The van der Waals surface area contributed by atoms with Gasteiger partial charge < -0.3 is 30.6 Å². The Hall–Kier alpha value is -3.12. The third-order valence-electron chi connectivity index (χ3n) is 7.82. The molecule has 42 heavy (non-hydrogen) atoms. The number of imidazole rings is 2. The summed E-state index contributed by atoms with van der Waals surface area (Å²) in [5, 5.41) is 0. The van der Waals surface area contributed by atoms with Crippen molar-refractivity contribution in [2.45, 2.75) is 37.3 Å². The van der Waals surface area contributed by atoms with Crippen LogP contribution in [0.1, 0.15) is 25.1 Å². The first-order chi connectivity index (χ1) is 20.1. The van der Waals surface area contributed by atoms with Crippen molar-refractivity contribution in [3.63, 3.8) is 0 Å². The minimum absolute atomic E-state index is 0.0424. The van der Waals surface area contributed by atoms with Gasteiger partial charge in [-0.15, -0.1) is 0 Å². The fraction of sp³-hybridized carbons (Fsp3) is 0.524. The Morgan fingerprint density at radius 1 is 0.762 bits per heavy atom. The summed E-state index contributed by atoms with van der Waals surface area (Å²) in [4.78, 5) is 45.9. The average molecular weight is 624 g/mol. The predicted molar refractivity (Wildman–Crippen MR) is 141 cm³/mol. The van der Waals surface area contributed by atoms with Crippen molar-refractivity contribution in [2.24, 2.45) is 11.8 Å². The molecule has 0 radical (unpaired) electrons. The van der Waals surface area contributed by atoms with E-state index in [2.05, 4.69) is 29.9 Å². The van der Waals surface area contributed by atoms with Crippen LogP contribution in [0.4, 0.5) is 11.6 Å². The minimum Gasteiger partial charge on any atom is -0.382 e. The van der Waals surface area contributed by atoms with Crippen molar-refractivity contribution >= 4 is 49.6 Å². The van der Waals surface area contributed by atoms with E-state index in [9.17, 15) is 18.9 Å². The van der Waals surface area contributed by atoms with Gasteiger partial charge in [-0.2, -0.15) is 0 Å². The van der Waals surface area contributed by atoms with Crippen molar-refractivity contribution in [1.29, 1.82) is 0 Å². The molecule has 1 saturated carbocycles. The molecule has 19 nitrogen and oxygen atoms in total. The van der Waals surface area contributed by atoms with Gasteiger partial charge in [-0.25, -0.2) is 39.0 Å². The molecule has 0 bridgehead atoms. The van der Waals surface area contributed by atoms with E-state index in [0.717, 1.165) is 0 Å². The van der Waals surface area contributed by atoms with E-state index < -0.39 is 46.6 Å². The number of rotatable bonds is 2. The van der Waals surface area contributed by atoms with E-state index in [1.807, 2.05) is 0 Å². The third-order valence-corrected chi connectivity index (χ3v) is 9.78. The topological polar surface area (TPSA) is 260 Å². The Morgan fingerprint density at radius 2 is 1.38 bits per heavy atom. The van der Waals surface area contributed by atoms with E-state index in [4.69, 9.17) is 34.3 Å². The Labute approximate surface area is 236 Å². The first-order valence-corrected chi connectivity index (χ1v) is 15.9. The summed E-state index contributed by atoms with van der Waals surface area (Å²) >= 11 is 0. The van der Waals surface area contributed by atoms with Crippen molar-refractivity contribution < 1.29 is 41.7 Å². The van der Waals surface area contributed by atoms with E-state index in [-0.39, 0.29) is 43.2 Å². The molecular formula is C21H26N10O9P2. The molecule has 0 amide bonds. The highest BCUT2D eigenvalue weighted by molar-refractivity contribution is 7.47. The first kappa shape index (κ1) is 27.7. The highest BCUT2D eigenvalue weighted by Gasteiger charge is 2.48. The molecule has 3 fully saturated rings. The van der Waals surface area contributed by atoms with Crippen LogP contribution in [0, 0.1) is 11.8 Å². The smallest absolute Gasteiger partial charge is 0.382 e. The number of nitrogen functional groups attached to an aromatic ring is 2. The number of phosphoric acid groups is 2. The molecule has 3 aliphatic rings. The summed E-state index contributed by atoms with van der Waals surface area (Å²) in [5.74, 6) is -0.375. The fourth-order valence-electron chi connectivity index (χ4n) is 5.64. The number of phosphoric ester groups is 2. The van der Waals surface area contributed by atoms with Gasteiger partial charge in [0.15, 0.2) is 22.9 Å². The zero-order valence-electron chi connectivity index (χ0n) is 21.7. The first-order valence-electron chi connectivity index (χ1n) is 12.9. The Bertz CT molecular complexity index is 1670. The summed E-state index contributed by atoms with van der Waals surface area (Å²) in [6, 6.07) is -0.284. The normalized spacial score (nSPS) is 36.0. The van der Waals surface area contributed by atoms with Gasteiger partial charge in [-0.1, -0.05) is 0 Å². The number of aromatic nitrogens is 8. The number of hydrogen-bond acceptors (Lipinski definition) is 15. The predicted octanol–water partition coefficient (Wildman–Crippen LogP) is 0.945. The highest BCUT2D eigenvalue weighted by atomic mass is 31.2. The van der Waals surface area contributed by atoms with Crippen LogP contribution in [0.5, 0.6) is 0 Å². The monoisotopic (exact) mass is 624 g/mol. The van der Waals surface area contributed by atoms with Crippen LogP contribution < -0.4 is 11.5 Å². The summed E-state index contributed by atoms with van der Waals surface area (Å²) in [6.07, 6.45) is 3.18. The van der Waals surface area contributed by atoms with Gasteiger partial charge in [0.1, 0.15) is 42.1 Å². The zero-order chi connectivity index (χ0) is 29.2. The number of nitrogens with zero attached hydrogens (tertiary/aromatic N) is 8. The molecule has 2 unspecified atom stereocenters. The van der Waals surface area contributed by atoms with E-state index in [1.165, 1.54) is 19.0 Å².